The van der Waals surface area contributed by atoms with Gasteiger partial charge < -0.3 is 19.3 Å². The molecule has 3 fully saturated rings. The first-order chi connectivity index (χ1) is 16.4. The molecule has 3 aliphatic rings. The van der Waals surface area contributed by atoms with E-state index in [9.17, 15) is 24.3 Å². The Morgan fingerprint density at radius 1 is 1.11 bits per heavy atom. The van der Waals surface area contributed by atoms with E-state index < -0.39 is 52.8 Å². The highest BCUT2D eigenvalue weighted by Gasteiger charge is 2.69. The molecule has 0 spiro atoms. The van der Waals surface area contributed by atoms with Gasteiger partial charge in [0.15, 0.2) is 5.78 Å². The molecule has 3 saturated carbocycles. The molecule has 8 nitrogen and oxygen atoms in total. The minimum Gasteiger partial charge on any atom is -0.468 e. The smallest absolute Gasteiger partial charge is 0.333 e. The first-order valence-electron chi connectivity index (χ1n) is 12.3. The van der Waals surface area contributed by atoms with Crippen LogP contribution < -0.4 is 0 Å². The third-order valence-corrected chi connectivity index (χ3v) is 9.19. The monoisotopic (exact) mass is 490 g/mol. The summed E-state index contributed by atoms with van der Waals surface area (Å²) < 4.78 is 15.7. The van der Waals surface area contributed by atoms with Crippen molar-refractivity contribution in [3.8, 4) is 0 Å². The molecule has 3 aliphatic carbocycles. The first kappa shape index (κ1) is 27.1. The van der Waals surface area contributed by atoms with Gasteiger partial charge in [0, 0.05) is 23.5 Å². The number of ether oxygens (including phenoxy) is 3. The molecule has 0 aliphatic heterocycles. The number of fused-ring (bicyclic) bond motifs is 3. The number of methoxy groups -OCH3 is 2. The van der Waals surface area contributed by atoms with Gasteiger partial charge in [-0.2, -0.15) is 0 Å². The van der Waals surface area contributed by atoms with E-state index in [0.717, 1.165) is 5.57 Å². The molecule has 0 heterocycles. The van der Waals surface area contributed by atoms with Crippen molar-refractivity contribution in [3.63, 3.8) is 0 Å². The van der Waals surface area contributed by atoms with Crippen molar-refractivity contribution in [2.45, 2.75) is 72.5 Å². The molecule has 0 amide bonds. The molecule has 0 aromatic carbocycles. The van der Waals surface area contributed by atoms with E-state index in [-0.39, 0.29) is 17.6 Å². The largest absolute Gasteiger partial charge is 0.468 e. The number of esters is 3. The number of hydrogen-bond acceptors (Lipinski definition) is 8. The summed E-state index contributed by atoms with van der Waals surface area (Å²) in [5, 5.41) is 11.5. The summed E-state index contributed by atoms with van der Waals surface area (Å²) in [4.78, 5) is 51.5. The molecule has 35 heavy (non-hydrogen) atoms. The SMILES string of the molecule is C/C=C(\C)C(=O)O[C@H]1CC[C@@]2(C)[C@@H]([C@@H](O)C(=O)[C@H]3[C@@H](C)/C(=C/C(=O)OC)CC[C@@H]32)[C@@]1(C)C(=O)OC. The van der Waals surface area contributed by atoms with E-state index in [4.69, 9.17) is 14.2 Å². The van der Waals surface area contributed by atoms with Crippen molar-refractivity contribution < 1.29 is 38.5 Å². The summed E-state index contributed by atoms with van der Waals surface area (Å²) in [6, 6.07) is 0. The topological polar surface area (TPSA) is 116 Å². The van der Waals surface area contributed by atoms with Gasteiger partial charge in [0.05, 0.1) is 14.2 Å². The number of ketones is 1. The van der Waals surface area contributed by atoms with E-state index >= 15 is 0 Å². The van der Waals surface area contributed by atoms with Gasteiger partial charge in [-0.1, -0.05) is 25.5 Å². The second-order valence-electron chi connectivity index (χ2n) is 10.7. The predicted octanol–water partition coefficient (Wildman–Crippen LogP) is 3.17. The van der Waals surface area contributed by atoms with Gasteiger partial charge in [-0.25, -0.2) is 9.59 Å². The Hall–Kier alpha value is -2.48. The molecule has 0 unspecified atom stereocenters. The van der Waals surface area contributed by atoms with Crippen LogP contribution in [-0.4, -0.2) is 55.2 Å². The van der Waals surface area contributed by atoms with Crippen LogP contribution in [0.5, 0.6) is 0 Å². The summed E-state index contributed by atoms with van der Waals surface area (Å²) in [7, 11) is 2.58. The third kappa shape index (κ3) is 4.24. The molecular weight excluding hydrogens is 452 g/mol. The molecular formula is C27H38O8. The number of carbonyl (C=O) groups excluding carboxylic acids is 4. The lowest BCUT2D eigenvalue weighted by atomic mass is 9.41. The Bertz CT molecular complexity index is 964. The van der Waals surface area contributed by atoms with Crippen LogP contribution >= 0.6 is 0 Å². The van der Waals surface area contributed by atoms with E-state index in [1.54, 1.807) is 26.8 Å². The van der Waals surface area contributed by atoms with Crippen molar-refractivity contribution in [2.24, 2.45) is 34.5 Å². The van der Waals surface area contributed by atoms with Crippen LogP contribution in [0.1, 0.15) is 60.3 Å². The molecule has 0 aromatic heterocycles. The Morgan fingerprint density at radius 3 is 2.34 bits per heavy atom. The second-order valence-corrected chi connectivity index (χ2v) is 10.7. The zero-order valence-corrected chi connectivity index (χ0v) is 21.8. The normalized spacial score (nSPS) is 40.4. The third-order valence-electron chi connectivity index (χ3n) is 9.19. The highest BCUT2D eigenvalue weighted by molar-refractivity contribution is 5.91. The summed E-state index contributed by atoms with van der Waals surface area (Å²) in [6.45, 7) is 8.95. The fourth-order valence-corrected chi connectivity index (χ4v) is 7.16. The van der Waals surface area contributed by atoms with Crippen molar-refractivity contribution in [2.75, 3.05) is 14.2 Å². The maximum absolute atomic E-state index is 13.7. The standard InChI is InChI=1S/C27H38O8/c1-8-14(2)24(31)35-18-11-12-26(4)17-10-9-16(13-19(28)33-6)15(3)20(17)21(29)22(30)23(26)27(18,5)25(32)34-7/h8,13,15,17-18,20,22-23,30H,9-12H2,1-7H3/b14-8+,16-13+/t15-,17-,18-,20-,22-,23+,26+,27-/m0/s1. The fraction of sp³-hybridized carbons (Fsp3) is 0.704. The van der Waals surface area contributed by atoms with Crippen LogP contribution in [0.4, 0.5) is 0 Å². The number of aliphatic hydroxyl groups excluding tert-OH is 1. The van der Waals surface area contributed by atoms with Crippen molar-refractivity contribution >= 4 is 23.7 Å². The highest BCUT2D eigenvalue weighted by Crippen LogP contribution is 2.64. The van der Waals surface area contributed by atoms with Gasteiger partial charge in [-0.05, 0) is 63.7 Å². The van der Waals surface area contributed by atoms with Gasteiger partial charge in [0.2, 0.25) is 0 Å². The molecule has 194 valence electrons. The summed E-state index contributed by atoms with van der Waals surface area (Å²) in [5.41, 5.74) is -0.737. The Balaban J connectivity index is 2.06. The molecule has 8 heteroatoms. The molecule has 0 bridgehead atoms. The van der Waals surface area contributed by atoms with Gasteiger partial charge >= 0.3 is 17.9 Å². The maximum Gasteiger partial charge on any atom is 0.333 e. The summed E-state index contributed by atoms with van der Waals surface area (Å²) in [6.07, 6.45) is 3.06. The number of Topliss-reactive ketones (excluding diaryl/α,β-unsaturated/α-hetero) is 1. The fourth-order valence-electron chi connectivity index (χ4n) is 7.16. The number of hydrogen-bond donors (Lipinski definition) is 1. The predicted molar refractivity (Wildman–Crippen MR) is 127 cm³/mol. The zero-order chi connectivity index (χ0) is 26.3. The molecule has 0 saturated heterocycles. The average molecular weight is 491 g/mol. The van der Waals surface area contributed by atoms with Crippen LogP contribution in [0.3, 0.4) is 0 Å². The Labute approximate surface area is 207 Å². The molecule has 1 N–H and O–H groups in total. The summed E-state index contributed by atoms with van der Waals surface area (Å²) >= 11 is 0. The lowest BCUT2D eigenvalue weighted by Gasteiger charge is -2.63. The number of rotatable bonds is 4. The van der Waals surface area contributed by atoms with Gasteiger partial charge in [0.25, 0.3) is 0 Å². The van der Waals surface area contributed by atoms with Crippen molar-refractivity contribution in [1.29, 1.82) is 0 Å². The second kappa shape index (κ2) is 9.88. The lowest BCUT2D eigenvalue weighted by Crippen LogP contribution is -2.68. The summed E-state index contributed by atoms with van der Waals surface area (Å²) in [5.74, 6) is -3.56. The quantitative estimate of drug-likeness (QED) is 0.363. The number of carbonyl (C=O) groups is 4. The molecule has 8 atom stereocenters. The van der Waals surface area contributed by atoms with Gasteiger partial charge in [-0.3, -0.25) is 9.59 Å². The van der Waals surface area contributed by atoms with Crippen LogP contribution in [-0.2, 0) is 33.4 Å². The van der Waals surface area contributed by atoms with Gasteiger partial charge in [0.1, 0.15) is 17.6 Å². The maximum atomic E-state index is 13.7. The lowest BCUT2D eigenvalue weighted by molar-refractivity contribution is -0.222. The minimum absolute atomic E-state index is 0.105. The van der Waals surface area contributed by atoms with E-state index in [0.29, 0.717) is 31.3 Å². The van der Waals surface area contributed by atoms with E-state index in [1.807, 2.05) is 13.8 Å². The van der Waals surface area contributed by atoms with Crippen LogP contribution in [0.25, 0.3) is 0 Å². The average Bonchev–Trinajstić information content (AvgIpc) is 2.84. The van der Waals surface area contributed by atoms with E-state index in [2.05, 4.69) is 0 Å². The molecule has 3 rings (SSSR count). The van der Waals surface area contributed by atoms with E-state index in [1.165, 1.54) is 20.3 Å². The number of allylic oxidation sites excluding steroid dienone is 2. The van der Waals surface area contributed by atoms with Crippen molar-refractivity contribution in [3.05, 3.63) is 23.3 Å². The van der Waals surface area contributed by atoms with Crippen molar-refractivity contribution in [1.82, 2.24) is 0 Å². The minimum atomic E-state index is -1.44. The highest BCUT2D eigenvalue weighted by atomic mass is 16.6. The van der Waals surface area contributed by atoms with Crippen LogP contribution in [0.2, 0.25) is 0 Å². The Morgan fingerprint density at radius 2 is 1.77 bits per heavy atom. The zero-order valence-electron chi connectivity index (χ0n) is 21.8. The van der Waals surface area contributed by atoms with Crippen LogP contribution in [0, 0.1) is 34.5 Å². The van der Waals surface area contributed by atoms with Gasteiger partial charge in [-0.15, -0.1) is 0 Å². The first-order valence-corrected chi connectivity index (χ1v) is 12.3. The Kier molecular flexibility index (Phi) is 7.65. The van der Waals surface area contributed by atoms with Crippen LogP contribution in [0.15, 0.2) is 23.3 Å². The molecule has 0 aromatic rings. The number of aliphatic hydroxyl groups is 1. The molecule has 0 radical (unpaired) electrons.